The van der Waals surface area contributed by atoms with E-state index >= 15 is 0 Å². The second kappa shape index (κ2) is 5.88. The molecule has 2 unspecified atom stereocenters. The number of nitrogens with zero attached hydrogens (tertiary/aromatic N) is 2. The summed E-state index contributed by atoms with van der Waals surface area (Å²) in [6.07, 6.45) is 2.97. The number of hydrogen-bond acceptors (Lipinski definition) is 5. The molecule has 6 nitrogen and oxygen atoms in total. The summed E-state index contributed by atoms with van der Waals surface area (Å²) in [6.45, 7) is 1.00. The molecule has 1 aromatic rings. The highest BCUT2D eigenvalue weighted by Gasteiger charge is 2.36. The Morgan fingerprint density at radius 1 is 1.32 bits per heavy atom. The first-order chi connectivity index (χ1) is 10.5. The Morgan fingerprint density at radius 2 is 2.09 bits per heavy atom. The Morgan fingerprint density at radius 3 is 2.82 bits per heavy atom. The van der Waals surface area contributed by atoms with Crippen molar-refractivity contribution >= 4 is 10.0 Å². The Labute approximate surface area is 130 Å². The van der Waals surface area contributed by atoms with Crippen molar-refractivity contribution in [1.29, 1.82) is 5.26 Å². The van der Waals surface area contributed by atoms with E-state index in [9.17, 15) is 8.42 Å². The average Bonchev–Trinajstić information content (AvgIpc) is 2.84. The Bertz CT molecular complexity index is 711. The van der Waals surface area contributed by atoms with E-state index in [1.165, 1.54) is 29.6 Å². The number of nitriles is 1. The average molecular weight is 321 g/mol. The van der Waals surface area contributed by atoms with Crippen LogP contribution in [-0.4, -0.2) is 45.0 Å². The molecule has 0 radical (unpaired) electrons. The summed E-state index contributed by atoms with van der Waals surface area (Å²) in [5.41, 5.74) is 0.382. The minimum atomic E-state index is -3.62. The number of sulfonamides is 1. The SMILES string of the molecule is COc1cc(C#N)ccc1S(=O)(=O)N1CCC2CCC(C1)N2. The predicted molar refractivity (Wildman–Crippen MR) is 81.0 cm³/mol. The van der Waals surface area contributed by atoms with Gasteiger partial charge in [-0.15, -0.1) is 0 Å². The van der Waals surface area contributed by atoms with E-state index in [1.807, 2.05) is 6.07 Å². The fraction of sp³-hybridized carbons (Fsp3) is 0.533. The predicted octanol–water partition coefficient (Wildman–Crippen LogP) is 1.08. The summed E-state index contributed by atoms with van der Waals surface area (Å²) in [6, 6.07) is 7.09. The summed E-state index contributed by atoms with van der Waals surface area (Å²) in [5.74, 6) is 0.224. The smallest absolute Gasteiger partial charge is 0.246 e. The maximum absolute atomic E-state index is 12.9. The largest absolute Gasteiger partial charge is 0.495 e. The van der Waals surface area contributed by atoms with Crippen LogP contribution in [0.25, 0.3) is 0 Å². The fourth-order valence-electron chi connectivity index (χ4n) is 3.22. The number of hydrogen-bond donors (Lipinski definition) is 1. The van der Waals surface area contributed by atoms with Gasteiger partial charge in [0.15, 0.2) is 0 Å². The van der Waals surface area contributed by atoms with Gasteiger partial charge in [-0.2, -0.15) is 9.57 Å². The molecule has 0 amide bonds. The van der Waals surface area contributed by atoms with Crippen LogP contribution in [0.2, 0.25) is 0 Å². The normalized spacial score (nSPS) is 25.5. The molecule has 2 atom stereocenters. The molecule has 1 N–H and O–H groups in total. The molecular formula is C15H19N3O3S. The number of methoxy groups -OCH3 is 1. The van der Waals surface area contributed by atoms with Gasteiger partial charge in [-0.25, -0.2) is 8.42 Å². The van der Waals surface area contributed by atoms with Gasteiger partial charge in [0.05, 0.1) is 18.7 Å². The summed E-state index contributed by atoms with van der Waals surface area (Å²) in [4.78, 5) is 0.131. The molecule has 2 heterocycles. The summed E-state index contributed by atoms with van der Waals surface area (Å²) in [5, 5.41) is 12.4. The number of rotatable bonds is 3. The van der Waals surface area contributed by atoms with Crippen LogP contribution in [0.4, 0.5) is 0 Å². The molecule has 0 aliphatic carbocycles. The van der Waals surface area contributed by atoms with Gasteiger partial charge in [0, 0.05) is 25.2 Å². The first kappa shape index (κ1) is 15.3. The van der Waals surface area contributed by atoms with E-state index < -0.39 is 10.0 Å². The van der Waals surface area contributed by atoms with Gasteiger partial charge >= 0.3 is 0 Å². The van der Waals surface area contributed by atoms with Crippen LogP contribution in [0.15, 0.2) is 23.1 Å². The fourth-order valence-corrected chi connectivity index (χ4v) is 4.86. The second-order valence-electron chi connectivity index (χ2n) is 5.77. The molecule has 22 heavy (non-hydrogen) atoms. The van der Waals surface area contributed by atoms with Crippen molar-refractivity contribution in [3.63, 3.8) is 0 Å². The molecule has 3 rings (SSSR count). The molecule has 2 aliphatic heterocycles. The molecule has 2 saturated heterocycles. The van der Waals surface area contributed by atoms with Gasteiger partial charge in [0.25, 0.3) is 0 Å². The van der Waals surface area contributed by atoms with Crippen LogP contribution in [0.3, 0.4) is 0 Å². The third kappa shape index (κ3) is 2.70. The summed E-state index contributed by atoms with van der Waals surface area (Å²) >= 11 is 0. The third-order valence-electron chi connectivity index (χ3n) is 4.40. The van der Waals surface area contributed by atoms with Crippen LogP contribution in [-0.2, 0) is 10.0 Å². The number of fused-ring (bicyclic) bond motifs is 2. The lowest BCUT2D eigenvalue weighted by molar-refractivity contribution is 0.373. The van der Waals surface area contributed by atoms with E-state index in [4.69, 9.17) is 10.00 Å². The van der Waals surface area contributed by atoms with Crippen molar-refractivity contribution in [1.82, 2.24) is 9.62 Å². The molecule has 2 bridgehead atoms. The number of ether oxygens (including phenoxy) is 1. The molecule has 1 aromatic carbocycles. The highest BCUT2D eigenvalue weighted by atomic mass is 32.2. The Balaban J connectivity index is 1.94. The lowest BCUT2D eigenvalue weighted by Crippen LogP contribution is -2.39. The quantitative estimate of drug-likeness (QED) is 0.901. The zero-order valence-electron chi connectivity index (χ0n) is 12.4. The number of benzene rings is 1. The van der Waals surface area contributed by atoms with E-state index in [2.05, 4.69) is 5.32 Å². The molecule has 0 spiro atoms. The van der Waals surface area contributed by atoms with Crippen LogP contribution < -0.4 is 10.1 Å². The van der Waals surface area contributed by atoms with Crippen molar-refractivity contribution in [2.45, 2.75) is 36.2 Å². The van der Waals surface area contributed by atoms with E-state index in [0.29, 0.717) is 24.7 Å². The third-order valence-corrected chi connectivity index (χ3v) is 6.30. The first-order valence-electron chi connectivity index (χ1n) is 7.39. The van der Waals surface area contributed by atoms with Crippen molar-refractivity contribution < 1.29 is 13.2 Å². The standard InChI is InChI=1S/C15H19N3O3S/c1-21-14-8-11(9-16)2-5-15(14)22(19,20)18-7-6-12-3-4-13(10-18)17-12/h2,5,8,12-13,17H,3-4,6-7,10H2,1H3. The van der Waals surface area contributed by atoms with E-state index in [1.54, 1.807) is 0 Å². The lowest BCUT2D eigenvalue weighted by atomic mass is 10.1. The highest BCUT2D eigenvalue weighted by Crippen LogP contribution is 2.30. The first-order valence-corrected chi connectivity index (χ1v) is 8.83. The molecule has 2 fully saturated rings. The highest BCUT2D eigenvalue weighted by molar-refractivity contribution is 7.89. The van der Waals surface area contributed by atoms with Gasteiger partial charge in [-0.05, 0) is 37.5 Å². The van der Waals surface area contributed by atoms with Crippen LogP contribution >= 0.6 is 0 Å². The molecule has 7 heteroatoms. The molecular weight excluding hydrogens is 302 g/mol. The summed E-state index contributed by atoms with van der Waals surface area (Å²) in [7, 11) is -2.20. The van der Waals surface area contributed by atoms with Gasteiger partial charge in [0.1, 0.15) is 10.6 Å². The maximum atomic E-state index is 12.9. The van der Waals surface area contributed by atoms with Crippen molar-refractivity contribution in [2.24, 2.45) is 0 Å². The van der Waals surface area contributed by atoms with Gasteiger partial charge in [0.2, 0.25) is 10.0 Å². The van der Waals surface area contributed by atoms with Gasteiger partial charge in [-0.1, -0.05) is 0 Å². The van der Waals surface area contributed by atoms with Crippen molar-refractivity contribution in [3.8, 4) is 11.8 Å². The molecule has 0 saturated carbocycles. The lowest BCUT2D eigenvalue weighted by Gasteiger charge is -2.24. The summed E-state index contributed by atoms with van der Waals surface area (Å²) < 4.78 is 32.6. The maximum Gasteiger partial charge on any atom is 0.246 e. The van der Waals surface area contributed by atoms with Gasteiger partial charge in [-0.3, -0.25) is 0 Å². The van der Waals surface area contributed by atoms with E-state index in [0.717, 1.165) is 19.3 Å². The second-order valence-corrected chi connectivity index (χ2v) is 7.67. The topological polar surface area (TPSA) is 82.4 Å². The molecule has 0 aromatic heterocycles. The van der Waals surface area contributed by atoms with Crippen molar-refractivity contribution in [2.75, 3.05) is 20.2 Å². The Kier molecular flexibility index (Phi) is 4.08. The zero-order chi connectivity index (χ0) is 15.7. The zero-order valence-corrected chi connectivity index (χ0v) is 13.3. The Hall–Kier alpha value is -1.62. The van der Waals surface area contributed by atoms with Crippen LogP contribution in [0.1, 0.15) is 24.8 Å². The molecule has 2 aliphatic rings. The van der Waals surface area contributed by atoms with Crippen LogP contribution in [0.5, 0.6) is 5.75 Å². The van der Waals surface area contributed by atoms with Crippen molar-refractivity contribution in [3.05, 3.63) is 23.8 Å². The minimum Gasteiger partial charge on any atom is -0.495 e. The monoisotopic (exact) mass is 321 g/mol. The minimum absolute atomic E-state index is 0.131. The number of nitrogens with one attached hydrogen (secondary N) is 1. The molecule has 118 valence electrons. The van der Waals surface area contributed by atoms with Crippen LogP contribution in [0, 0.1) is 11.3 Å². The van der Waals surface area contributed by atoms with Gasteiger partial charge < -0.3 is 10.1 Å². The van der Waals surface area contributed by atoms with E-state index in [-0.39, 0.29) is 16.7 Å².